The lowest BCUT2D eigenvalue weighted by Crippen LogP contribution is -2.68. The Hall–Kier alpha value is -5.09. The van der Waals surface area contributed by atoms with Crippen molar-refractivity contribution in [1.29, 1.82) is 0 Å². The van der Waals surface area contributed by atoms with Crippen LogP contribution in [0.3, 0.4) is 0 Å². The first kappa shape index (κ1) is 32.3. The zero-order valence-electron chi connectivity index (χ0n) is 25.7. The number of anilines is 1. The molecule has 2 N–H and O–H groups in total. The molecule has 3 atom stereocenters. The molecule has 11 heteroatoms. The first-order valence-corrected chi connectivity index (χ1v) is 15.1. The molecule has 3 aromatic carbocycles. The summed E-state index contributed by atoms with van der Waals surface area (Å²) in [6.45, 7) is 2.81. The van der Waals surface area contributed by atoms with Gasteiger partial charge in [0.2, 0.25) is 5.91 Å². The predicted octanol–water partition coefficient (Wildman–Crippen LogP) is 5.88. The van der Waals surface area contributed by atoms with E-state index in [0.29, 0.717) is 23.9 Å². The van der Waals surface area contributed by atoms with Gasteiger partial charge in [-0.3, -0.25) is 4.79 Å². The lowest BCUT2D eigenvalue weighted by Gasteiger charge is -2.43. The number of pyridine rings is 1. The van der Waals surface area contributed by atoms with E-state index in [1.54, 1.807) is 57.7 Å². The molecule has 1 saturated heterocycles. The molecule has 10 nitrogen and oxygen atoms in total. The molecule has 1 aliphatic heterocycles. The highest BCUT2D eigenvalue weighted by atomic mass is 35.5. The van der Waals surface area contributed by atoms with Crippen LogP contribution >= 0.6 is 11.6 Å². The molecule has 238 valence electrons. The molecule has 1 aliphatic rings. The third-order valence-corrected chi connectivity index (χ3v) is 8.26. The number of urea groups is 1. The average molecular weight is 643 g/mol. The molecule has 0 radical (unpaired) electrons. The minimum absolute atomic E-state index is 0.137. The van der Waals surface area contributed by atoms with Crippen LogP contribution < -0.4 is 19.7 Å². The van der Waals surface area contributed by atoms with Gasteiger partial charge in [-0.25, -0.2) is 19.5 Å². The second kappa shape index (κ2) is 14.3. The van der Waals surface area contributed by atoms with Crippen molar-refractivity contribution in [2.24, 2.45) is 5.92 Å². The summed E-state index contributed by atoms with van der Waals surface area (Å²) in [6.07, 6.45) is 1.79. The van der Waals surface area contributed by atoms with Gasteiger partial charge < -0.3 is 24.8 Å². The highest BCUT2D eigenvalue weighted by Gasteiger charge is 2.54. The number of β-lactam (4-membered cyclic amide) rings is 1. The Kier molecular flexibility index (Phi) is 10.1. The minimum Gasteiger partial charge on any atom is -0.497 e. The van der Waals surface area contributed by atoms with E-state index in [-0.39, 0.29) is 6.42 Å². The standard InChI is InChI=1S/C35H35ClN4O6/c1-22(26-5-4-6-27(36)19-26)38-35(44)40-32(34(42)43)30(33(40)41)17-25-15-16-37-31(18-25)39(20-23-7-11-28(45-2)12-8-23)21-24-9-13-29(46-3)14-10-24/h4-16,18-19,22,30,32H,17,20-21H2,1-3H3,(H,38,44)(H,42,43)/t22-,30-,32+/m1/s1. The van der Waals surface area contributed by atoms with Gasteiger partial charge in [-0.05, 0) is 84.1 Å². The summed E-state index contributed by atoms with van der Waals surface area (Å²) in [7, 11) is 3.24. The molecule has 0 aliphatic carbocycles. The Morgan fingerprint density at radius 3 is 2.09 bits per heavy atom. The van der Waals surface area contributed by atoms with Crippen LogP contribution in [0.4, 0.5) is 10.6 Å². The number of rotatable bonds is 12. The Balaban J connectivity index is 1.33. The second-order valence-electron chi connectivity index (χ2n) is 11.1. The van der Waals surface area contributed by atoms with E-state index < -0.39 is 35.9 Å². The summed E-state index contributed by atoms with van der Waals surface area (Å²) in [5.41, 5.74) is 3.54. The number of carboxylic acid groups (broad SMARTS) is 1. The van der Waals surface area contributed by atoms with Crippen molar-refractivity contribution < 1.29 is 29.0 Å². The summed E-state index contributed by atoms with van der Waals surface area (Å²) in [6, 6.07) is 23.6. The zero-order chi connectivity index (χ0) is 32.8. The smallest absolute Gasteiger partial charge is 0.327 e. The van der Waals surface area contributed by atoms with Crippen molar-refractivity contribution in [2.45, 2.75) is 38.5 Å². The number of hydrogen-bond acceptors (Lipinski definition) is 7. The number of imide groups is 1. The number of hydrogen-bond donors (Lipinski definition) is 2. The normalized spacial score (nSPS) is 16.3. The molecule has 46 heavy (non-hydrogen) atoms. The van der Waals surface area contributed by atoms with E-state index in [0.717, 1.165) is 38.7 Å². The maximum absolute atomic E-state index is 13.2. The molecule has 5 rings (SSSR count). The number of carbonyl (C=O) groups excluding carboxylic acids is 2. The van der Waals surface area contributed by atoms with Gasteiger partial charge in [0, 0.05) is 24.3 Å². The molecule has 0 spiro atoms. The minimum atomic E-state index is -1.30. The van der Waals surface area contributed by atoms with Crippen molar-refractivity contribution >= 4 is 35.3 Å². The molecule has 1 fully saturated rings. The van der Waals surface area contributed by atoms with Crippen LogP contribution in [0, 0.1) is 5.92 Å². The third kappa shape index (κ3) is 7.40. The number of carboxylic acids is 1. The van der Waals surface area contributed by atoms with Crippen molar-refractivity contribution in [3.63, 3.8) is 0 Å². The highest BCUT2D eigenvalue weighted by molar-refractivity contribution is 6.30. The molecule has 0 saturated carbocycles. The van der Waals surface area contributed by atoms with E-state index in [9.17, 15) is 19.5 Å². The lowest BCUT2D eigenvalue weighted by molar-refractivity contribution is -0.165. The first-order valence-electron chi connectivity index (χ1n) is 14.7. The van der Waals surface area contributed by atoms with E-state index in [2.05, 4.69) is 15.2 Å². The Morgan fingerprint density at radius 2 is 1.54 bits per heavy atom. The van der Waals surface area contributed by atoms with Crippen LogP contribution in [0.1, 0.15) is 35.2 Å². The van der Waals surface area contributed by atoms with Gasteiger partial charge >= 0.3 is 12.0 Å². The molecule has 1 aromatic heterocycles. The number of nitrogens with one attached hydrogen (secondary N) is 1. The Morgan fingerprint density at radius 1 is 0.935 bits per heavy atom. The van der Waals surface area contributed by atoms with Gasteiger partial charge in [-0.2, -0.15) is 0 Å². The van der Waals surface area contributed by atoms with Crippen molar-refractivity contribution in [3.8, 4) is 11.5 Å². The Labute approximate surface area is 272 Å². The molecule has 0 bridgehead atoms. The number of methoxy groups -OCH3 is 2. The van der Waals surface area contributed by atoms with Crippen LogP contribution in [0.25, 0.3) is 0 Å². The summed E-state index contributed by atoms with van der Waals surface area (Å²) < 4.78 is 10.6. The number of aromatic nitrogens is 1. The zero-order valence-corrected chi connectivity index (χ0v) is 26.5. The first-order chi connectivity index (χ1) is 22.2. The summed E-state index contributed by atoms with van der Waals surface area (Å²) in [5, 5.41) is 13.2. The largest absolute Gasteiger partial charge is 0.497 e. The number of benzene rings is 3. The quantitative estimate of drug-likeness (QED) is 0.184. The fourth-order valence-electron chi connectivity index (χ4n) is 5.51. The monoisotopic (exact) mass is 642 g/mol. The fraction of sp³-hybridized carbons (Fsp3) is 0.257. The number of likely N-dealkylation sites (tertiary alicyclic amines) is 1. The number of halogens is 1. The summed E-state index contributed by atoms with van der Waals surface area (Å²) >= 11 is 6.07. The van der Waals surface area contributed by atoms with Crippen LogP contribution in [0.2, 0.25) is 5.02 Å². The van der Waals surface area contributed by atoms with E-state index in [1.165, 1.54) is 0 Å². The average Bonchev–Trinajstić information content (AvgIpc) is 3.06. The van der Waals surface area contributed by atoms with Gasteiger partial charge in [-0.1, -0.05) is 48.0 Å². The molecule has 4 aromatic rings. The van der Waals surface area contributed by atoms with Gasteiger partial charge in [0.1, 0.15) is 17.3 Å². The van der Waals surface area contributed by atoms with Crippen LogP contribution in [0.5, 0.6) is 11.5 Å². The maximum Gasteiger partial charge on any atom is 0.327 e. The van der Waals surface area contributed by atoms with Crippen molar-refractivity contribution in [3.05, 3.63) is 118 Å². The fourth-order valence-corrected chi connectivity index (χ4v) is 5.70. The van der Waals surface area contributed by atoms with Crippen molar-refractivity contribution in [1.82, 2.24) is 15.2 Å². The van der Waals surface area contributed by atoms with Gasteiger partial charge in [0.25, 0.3) is 0 Å². The van der Waals surface area contributed by atoms with Crippen LogP contribution in [-0.4, -0.2) is 53.2 Å². The summed E-state index contributed by atoms with van der Waals surface area (Å²) in [5.74, 6) is -0.528. The number of nitrogens with zero attached hydrogens (tertiary/aromatic N) is 3. The third-order valence-electron chi connectivity index (χ3n) is 8.03. The van der Waals surface area contributed by atoms with E-state index in [1.807, 2.05) is 54.6 Å². The van der Waals surface area contributed by atoms with Crippen LogP contribution in [-0.2, 0) is 29.1 Å². The number of ether oxygens (including phenoxy) is 2. The SMILES string of the molecule is COc1ccc(CN(Cc2ccc(OC)cc2)c2cc(C[C@H]3C(=O)N(C(=O)N[C@H](C)c4cccc(Cl)c4)[C@@H]3C(=O)O)ccn2)cc1. The molecule has 0 unspecified atom stereocenters. The van der Waals surface area contributed by atoms with Gasteiger partial charge in [-0.15, -0.1) is 0 Å². The van der Waals surface area contributed by atoms with E-state index >= 15 is 0 Å². The molecular weight excluding hydrogens is 608 g/mol. The van der Waals surface area contributed by atoms with Gasteiger partial charge in [0.15, 0.2) is 6.04 Å². The van der Waals surface area contributed by atoms with Crippen LogP contribution in [0.15, 0.2) is 91.1 Å². The maximum atomic E-state index is 13.2. The number of aliphatic carboxylic acids is 1. The van der Waals surface area contributed by atoms with Gasteiger partial charge in [0.05, 0.1) is 26.2 Å². The highest BCUT2D eigenvalue weighted by Crippen LogP contribution is 2.32. The molecular formula is C35H35ClN4O6. The molecule has 2 heterocycles. The Bertz CT molecular complexity index is 1650. The predicted molar refractivity (Wildman–Crippen MR) is 174 cm³/mol. The van der Waals surface area contributed by atoms with E-state index in [4.69, 9.17) is 21.1 Å². The lowest BCUT2D eigenvalue weighted by atomic mass is 9.82. The number of amides is 3. The topological polar surface area (TPSA) is 121 Å². The number of carbonyl (C=O) groups is 3. The summed E-state index contributed by atoms with van der Waals surface area (Å²) in [4.78, 5) is 46.1. The second-order valence-corrected chi connectivity index (χ2v) is 11.5. The molecule has 3 amide bonds. The van der Waals surface area contributed by atoms with Crippen molar-refractivity contribution in [2.75, 3.05) is 19.1 Å².